The normalized spacial score (nSPS) is 10.4. The van der Waals surface area contributed by atoms with Gasteiger partial charge in [0.15, 0.2) is 0 Å². The summed E-state index contributed by atoms with van der Waals surface area (Å²) in [6.07, 6.45) is 1.68. The summed E-state index contributed by atoms with van der Waals surface area (Å²) in [6, 6.07) is 6.96. The Hall–Kier alpha value is -1.90. The lowest BCUT2D eigenvalue weighted by atomic mass is 10.0. The molecule has 1 heterocycles. The van der Waals surface area contributed by atoms with E-state index in [2.05, 4.69) is 4.98 Å². The Morgan fingerprint density at radius 3 is 2.50 bits per heavy atom. The van der Waals surface area contributed by atoms with Crippen LogP contribution < -0.4 is 5.73 Å². The molecule has 0 aliphatic heterocycles. The summed E-state index contributed by atoms with van der Waals surface area (Å²) in [4.78, 5) is 4.02. The van der Waals surface area contributed by atoms with Crippen molar-refractivity contribution in [2.75, 3.05) is 5.73 Å². The Morgan fingerprint density at radius 2 is 1.88 bits per heavy atom. The lowest BCUT2D eigenvalue weighted by Gasteiger charge is -2.07. The number of nitrogens with zero attached hydrogens (tertiary/aromatic N) is 1. The van der Waals surface area contributed by atoms with E-state index in [0.29, 0.717) is 11.4 Å². The van der Waals surface area contributed by atoms with Gasteiger partial charge in [-0.1, -0.05) is 12.1 Å². The second-order valence-electron chi connectivity index (χ2n) is 3.89. The first kappa shape index (κ1) is 10.6. The van der Waals surface area contributed by atoms with Crippen molar-refractivity contribution in [2.24, 2.45) is 0 Å². The average molecular weight is 216 g/mol. The highest BCUT2D eigenvalue weighted by atomic mass is 19.1. The molecular weight excluding hydrogens is 203 g/mol. The molecule has 0 saturated heterocycles. The highest BCUT2D eigenvalue weighted by Crippen LogP contribution is 2.25. The van der Waals surface area contributed by atoms with E-state index in [-0.39, 0.29) is 5.82 Å². The van der Waals surface area contributed by atoms with E-state index in [9.17, 15) is 4.39 Å². The summed E-state index contributed by atoms with van der Waals surface area (Å²) in [6.45, 7) is 3.68. The van der Waals surface area contributed by atoms with E-state index in [0.717, 1.165) is 16.7 Å². The van der Waals surface area contributed by atoms with E-state index in [1.165, 1.54) is 6.07 Å². The minimum Gasteiger partial charge on any atom is -0.384 e. The SMILES string of the molecule is Cc1ccc(-c2cnc(N)cc2C)cc1F. The monoisotopic (exact) mass is 216 g/mol. The van der Waals surface area contributed by atoms with Crippen molar-refractivity contribution < 1.29 is 4.39 Å². The van der Waals surface area contributed by atoms with Crippen LogP contribution in [0.3, 0.4) is 0 Å². The van der Waals surface area contributed by atoms with Crippen LogP contribution in [0.5, 0.6) is 0 Å². The molecule has 0 unspecified atom stereocenters. The molecule has 0 fully saturated rings. The Labute approximate surface area is 93.9 Å². The maximum absolute atomic E-state index is 13.4. The molecule has 82 valence electrons. The summed E-state index contributed by atoms with van der Waals surface area (Å²) in [5, 5.41) is 0. The second kappa shape index (κ2) is 3.93. The Bertz CT molecular complexity index is 535. The third-order valence-corrected chi connectivity index (χ3v) is 2.61. The number of hydrogen-bond acceptors (Lipinski definition) is 2. The number of aromatic nitrogens is 1. The molecular formula is C13H13FN2. The Morgan fingerprint density at radius 1 is 1.12 bits per heavy atom. The number of nitrogens with two attached hydrogens (primary N) is 1. The lowest BCUT2D eigenvalue weighted by Crippen LogP contribution is -1.93. The predicted octanol–water partition coefficient (Wildman–Crippen LogP) is 3.09. The van der Waals surface area contributed by atoms with Gasteiger partial charge in [0, 0.05) is 11.8 Å². The molecule has 0 atom stereocenters. The van der Waals surface area contributed by atoms with Crippen molar-refractivity contribution in [3.63, 3.8) is 0 Å². The Balaban J connectivity index is 2.54. The van der Waals surface area contributed by atoms with Gasteiger partial charge in [0.1, 0.15) is 11.6 Å². The third kappa shape index (κ3) is 1.89. The van der Waals surface area contributed by atoms with Crippen molar-refractivity contribution in [3.05, 3.63) is 47.4 Å². The first-order valence-corrected chi connectivity index (χ1v) is 5.06. The average Bonchev–Trinajstić information content (AvgIpc) is 2.22. The van der Waals surface area contributed by atoms with Gasteiger partial charge in [-0.2, -0.15) is 0 Å². The topological polar surface area (TPSA) is 38.9 Å². The quantitative estimate of drug-likeness (QED) is 0.795. The van der Waals surface area contributed by atoms with Crippen LogP contribution >= 0.6 is 0 Å². The van der Waals surface area contributed by atoms with Crippen LogP contribution in [0.1, 0.15) is 11.1 Å². The smallest absolute Gasteiger partial charge is 0.126 e. The van der Waals surface area contributed by atoms with Crippen LogP contribution in [-0.4, -0.2) is 4.98 Å². The van der Waals surface area contributed by atoms with E-state index in [1.54, 1.807) is 25.3 Å². The summed E-state index contributed by atoms with van der Waals surface area (Å²) in [5.74, 6) is 0.280. The molecule has 0 aliphatic rings. The first-order chi connectivity index (χ1) is 7.58. The van der Waals surface area contributed by atoms with E-state index in [1.807, 2.05) is 13.0 Å². The zero-order chi connectivity index (χ0) is 11.7. The highest BCUT2D eigenvalue weighted by Gasteiger charge is 2.05. The van der Waals surface area contributed by atoms with Crippen molar-refractivity contribution >= 4 is 5.82 Å². The lowest BCUT2D eigenvalue weighted by molar-refractivity contribution is 0.619. The molecule has 16 heavy (non-hydrogen) atoms. The predicted molar refractivity (Wildman–Crippen MR) is 63.5 cm³/mol. The zero-order valence-electron chi connectivity index (χ0n) is 9.29. The summed E-state index contributed by atoms with van der Waals surface area (Å²) < 4.78 is 13.4. The maximum atomic E-state index is 13.4. The van der Waals surface area contributed by atoms with Crippen LogP contribution in [0, 0.1) is 19.7 Å². The van der Waals surface area contributed by atoms with Gasteiger partial charge >= 0.3 is 0 Å². The van der Waals surface area contributed by atoms with Crippen LogP contribution in [0.2, 0.25) is 0 Å². The zero-order valence-corrected chi connectivity index (χ0v) is 9.29. The number of halogens is 1. The van der Waals surface area contributed by atoms with E-state index < -0.39 is 0 Å². The van der Waals surface area contributed by atoms with Crippen LogP contribution in [0.25, 0.3) is 11.1 Å². The number of aryl methyl sites for hydroxylation is 2. The van der Waals surface area contributed by atoms with Crippen LogP contribution in [0.15, 0.2) is 30.5 Å². The van der Waals surface area contributed by atoms with Crippen molar-refractivity contribution in [1.29, 1.82) is 0 Å². The Kier molecular flexibility index (Phi) is 2.60. The molecule has 1 aromatic heterocycles. The molecule has 2 rings (SSSR count). The van der Waals surface area contributed by atoms with Gasteiger partial charge < -0.3 is 5.73 Å². The van der Waals surface area contributed by atoms with Crippen molar-refractivity contribution in [1.82, 2.24) is 4.98 Å². The van der Waals surface area contributed by atoms with Gasteiger partial charge in [0.05, 0.1) is 0 Å². The number of pyridine rings is 1. The molecule has 0 amide bonds. The molecule has 0 aliphatic carbocycles. The minimum atomic E-state index is -0.200. The number of rotatable bonds is 1. The molecule has 0 radical (unpaired) electrons. The van der Waals surface area contributed by atoms with Crippen LogP contribution in [-0.2, 0) is 0 Å². The number of benzene rings is 1. The third-order valence-electron chi connectivity index (χ3n) is 2.61. The van der Waals surface area contributed by atoms with Gasteiger partial charge in [-0.25, -0.2) is 9.37 Å². The molecule has 1 aromatic carbocycles. The molecule has 2 nitrogen and oxygen atoms in total. The van der Waals surface area contributed by atoms with Gasteiger partial charge in [0.2, 0.25) is 0 Å². The number of nitrogen functional groups attached to an aromatic ring is 1. The highest BCUT2D eigenvalue weighted by molar-refractivity contribution is 5.67. The standard InChI is InChI=1S/C13H13FN2/c1-8-3-4-10(6-12(8)14)11-7-16-13(15)5-9(11)2/h3-7H,1-2H3,(H2,15,16). The van der Waals surface area contributed by atoms with Gasteiger partial charge in [-0.05, 0) is 42.7 Å². The molecule has 3 heteroatoms. The van der Waals surface area contributed by atoms with Crippen molar-refractivity contribution in [2.45, 2.75) is 13.8 Å². The summed E-state index contributed by atoms with van der Waals surface area (Å²) >= 11 is 0. The molecule has 2 aromatic rings. The summed E-state index contributed by atoms with van der Waals surface area (Å²) in [7, 11) is 0. The molecule has 0 spiro atoms. The fraction of sp³-hybridized carbons (Fsp3) is 0.154. The molecule has 2 N–H and O–H groups in total. The molecule has 0 saturated carbocycles. The maximum Gasteiger partial charge on any atom is 0.126 e. The van der Waals surface area contributed by atoms with E-state index in [4.69, 9.17) is 5.73 Å². The van der Waals surface area contributed by atoms with Gasteiger partial charge in [-0.3, -0.25) is 0 Å². The van der Waals surface area contributed by atoms with Crippen molar-refractivity contribution in [3.8, 4) is 11.1 Å². The minimum absolute atomic E-state index is 0.200. The number of hydrogen-bond donors (Lipinski definition) is 1. The van der Waals surface area contributed by atoms with Gasteiger partial charge in [0.25, 0.3) is 0 Å². The fourth-order valence-electron chi connectivity index (χ4n) is 1.64. The first-order valence-electron chi connectivity index (χ1n) is 5.06. The second-order valence-corrected chi connectivity index (χ2v) is 3.89. The van der Waals surface area contributed by atoms with E-state index >= 15 is 0 Å². The summed E-state index contributed by atoms with van der Waals surface area (Å²) in [5.41, 5.74) is 8.95. The molecule has 0 bridgehead atoms. The van der Waals surface area contributed by atoms with Crippen LogP contribution in [0.4, 0.5) is 10.2 Å². The number of anilines is 1. The fourth-order valence-corrected chi connectivity index (χ4v) is 1.64. The largest absolute Gasteiger partial charge is 0.384 e. The van der Waals surface area contributed by atoms with Gasteiger partial charge in [-0.15, -0.1) is 0 Å².